The van der Waals surface area contributed by atoms with Crippen molar-refractivity contribution in [2.24, 2.45) is 0 Å². The molecule has 1 atom stereocenters. The molecule has 6 heteroatoms. The number of aromatic nitrogens is 2. The molecule has 0 spiro atoms. The van der Waals surface area contributed by atoms with Crippen LogP contribution in [0, 0.1) is 20.8 Å². The summed E-state index contributed by atoms with van der Waals surface area (Å²) in [5, 5.41) is -0.159. The Bertz CT molecular complexity index is 1120. The van der Waals surface area contributed by atoms with Crippen LogP contribution in [0.4, 0.5) is 0 Å². The number of ketones is 1. The van der Waals surface area contributed by atoms with Crippen molar-refractivity contribution >= 4 is 17.5 Å². The first-order valence-corrected chi connectivity index (χ1v) is 10.2. The second kappa shape index (κ2) is 8.66. The predicted octanol–water partition coefficient (Wildman–Crippen LogP) is 4.53. The molecule has 1 aromatic heterocycles. The number of rotatable bonds is 6. The van der Waals surface area contributed by atoms with Gasteiger partial charge in [0.15, 0.2) is 10.8 Å². The SMILES string of the molecule is COc1ccc(C)cc1-n1ccnc(S[C@H](C)C(=O)c2ccc(C)c(C)c2)c1=O. The quantitative estimate of drug-likeness (QED) is 0.443. The fourth-order valence-electron chi connectivity index (χ4n) is 3.00. The van der Waals surface area contributed by atoms with E-state index in [9.17, 15) is 9.59 Å². The molecule has 3 rings (SSSR count). The lowest BCUT2D eigenvalue weighted by molar-refractivity contribution is 0.0994. The predicted molar refractivity (Wildman–Crippen MR) is 117 cm³/mol. The van der Waals surface area contributed by atoms with Gasteiger partial charge < -0.3 is 4.74 Å². The van der Waals surface area contributed by atoms with E-state index in [-0.39, 0.29) is 16.4 Å². The zero-order valence-electron chi connectivity index (χ0n) is 17.2. The number of benzene rings is 2. The van der Waals surface area contributed by atoms with Crippen LogP contribution in [-0.4, -0.2) is 27.7 Å². The Morgan fingerprint density at radius 2 is 1.86 bits per heavy atom. The highest BCUT2D eigenvalue weighted by molar-refractivity contribution is 8.00. The van der Waals surface area contributed by atoms with E-state index >= 15 is 0 Å². The van der Waals surface area contributed by atoms with Crippen molar-refractivity contribution in [1.82, 2.24) is 9.55 Å². The molecule has 0 aliphatic heterocycles. The van der Waals surface area contributed by atoms with E-state index in [1.165, 1.54) is 16.3 Å². The lowest BCUT2D eigenvalue weighted by atomic mass is 10.0. The lowest BCUT2D eigenvalue weighted by Crippen LogP contribution is -2.23. The standard InChI is InChI=1S/C23H24N2O3S/c1-14-6-9-20(28-5)19(12-14)25-11-10-24-22(23(25)27)29-17(4)21(26)18-8-7-15(2)16(3)13-18/h6-13,17H,1-5H3/t17-/m1/s1. The van der Waals surface area contributed by atoms with Crippen LogP contribution in [0.5, 0.6) is 5.75 Å². The number of Topliss-reactive ketones (excluding diaryl/α,β-unsaturated/α-hetero) is 1. The fraction of sp³-hybridized carbons (Fsp3) is 0.261. The second-order valence-corrected chi connectivity index (χ2v) is 8.34. The van der Waals surface area contributed by atoms with E-state index in [0.717, 1.165) is 16.7 Å². The summed E-state index contributed by atoms with van der Waals surface area (Å²) in [7, 11) is 1.57. The zero-order chi connectivity index (χ0) is 21.1. The molecule has 1 heterocycles. The van der Waals surface area contributed by atoms with Crippen molar-refractivity contribution in [3.8, 4) is 11.4 Å². The minimum Gasteiger partial charge on any atom is -0.495 e. The number of carbonyl (C=O) groups is 1. The van der Waals surface area contributed by atoms with Gasteiger partial charge in [-0.1, -0.05) is 30.0 Å². The van der Waals surface area contributed by atoms with Gasteiger partial charge in [0, 0.05) is 18.0 Å². The van der Waals surface area contributed by atoms with Crippen LogP contribution in [0.3, 0.4) is 0 Å². The Hall–Kier alpha value is -2.86. The van der Waals surface area contributed by atoms with Crippen LogP contribution in [0.1, 0.15) is 34.0 Å². The molecule has 2 aromatic carbocycles. The highest BCUT2D eigenvalue weighted by atomic mass is 32.2. The molecule has 5 nitrogen and oxygen atoms in total. The number of carbonyl (C=O) groups excluding carboxylic acids is 1. The molecule has 0 saturated carbocycles. The van der Waals surface area contributed by atoms with Crippen molar-refractivity contribution in [3.05, 3.63) is 81.4 Å². The van der Waals surface area contributed by atoms with Crippen LogP contribution in [-0.2, 0) is 0 Å². The maximum absolute atomic E-state index is 13.1. The second-order valence-electron chi connectivity index (χ2n) is 7.01. The molecule has 0 N–H and O–H groups in total. The van der Waals surface area contributed by atoms with Gasteiger partial charge in [0.25, 0.3) is 5.56 Å². The van der Waals surface area contributed by atoms with Crippen LogP contribution >= 0.6 is 11.8 Å². The van der Waals surface area contributed by atoms with E-state index in [4.69, 9.17) is 4.74 Å². The Labute approximate surface area is 174 Å². The first-order valence-electron chi connectivity index (χ1n) is 9.32. The third-order valence-electron chi connectivity index (χ3n) is 4.85. The molecule has 3 aromatic rings. The van der Waals surface area contributed by atoms with Crippen molar-refractivity contribution in [1.29, 1.82) is 0 Å². The highest BCUT2D eigenvalue weighted by Crippen LogP contribution is 2.25. The number of aryl methyl sites for hydroxylation is 3. The van der Waals surface area contributed by atoms with Gasteiger partial charge in [-0.05, 0) is 62.6 Å². The van der Waals surface area contributed by atoms with E-state index in [1.807, 2.05) is 57.2 Å². The number of thioether (sulfide) groups is 1. The van der Waals surface area contributed by atoms with Crippen molar-refractivity contribution in [2.45, 2.75) is 38.0 Å². The topological polar surface area (TPSA) is 61.2 Å². The Balaban J connectivity index is 1.92. The van der Waals surface area contributed by atoms with Gasteiger partial charge in [0.2, 0.25) is 0 Å². The van der Waals surface area contributed by atoms with Gasteiger partial charge in [-0.15, -0.1) is 0 Å². The molecule has 0 amide bonds. The summed E-state index contributed by atoms with van der Waals surface area (Å²) in [4.78, 5) is 30.1. The summed E-state index contributed by atoms with van der Waals surface area (Å²) in [6.07, 6.45) is 3.18. The lowest BCUT2D eigenvalue weighted by Gasteiger charge is -2.14. The van der Waals surface area contributed by atoms with Gasteiger partial charge in [-0.25, -0.2) is 4.98 Å². The summed E-state index contributed by atoms with van der Waals surface area (Å²) in [5.41, 5.74) is 4.24. The highest BCUT2D eigenvalue weighted by Gasteiger charge is 2.20. The Morgan fingerprint density at radius 1 is 1.10 bits per heavy atom. The normalized spacial score (nSPS) is 11.9. The van der Waals surface area contributed by atoms with E-state index in [2.05, 4.69) is 4.98 Å². The molecule has 150 valence electrons. The van der Waals surface area contributed by atoms with Gasteiger partial charge in [0.05, 0.1) is 18.0 Å². The average molecular weight is 409 g/mol. The zero-order valence-corrected chi connectivity index (χ0v) is 18.0. The minimum absolute atomic E-state index is 0.0251. The summed E-state index contributed by atoms with van der Waals surface area (Å²) in [5.74, 6) is 0.571. The molecule has 0 radical (unpaired) electrons. The summed E-state index contributed by atoms with van der Waals surface area (Å²) >= 11 is 1.17. The maximum Gasteiger partial charge on any atom is 0.287 e. The number of hydrogen-bond donors (Lipinski definition) is 0. The largest absolute Gasteiger partial charge is 0.495 e. The molecule has 0 fully saturated rings. The summed E-state index contributed by atoms with van der Waals surface area (Å²) in [6, 6.07) is 11.3. The van der Waals surface area contributed by atoms with Gasteiger partial charge in [-0.3, -0.25) is 14.2 Å². The molecule has 0 aliphatic carbocycles. The maximum atomic E-state index is 13.1. The molecule has 0 bridgehead atoms. The van der Waals surface area contributed by atoms with Gasteiger partial charge in [0.1, 0.15) is 5.75 Å². The molecule has 29 heavy (non-hydrogen) atoms. The van der Waals surface area contributed by atoms with E-state index in [1.54, 1.807) is 26.4 Å². The van der Waals surface area contributed by atoms with Crippen molar-refractivity contribution in [3.63, 3.8) is 0 Å². The average Bonchev–Trinajstić information content (AvgIpc) is 2.71. The monoisotopic (exact) mass is 408 g/mol. The molecular weight excluding hydrogens is 384 g/mol. The summed E-state index contributed by atoms with van der Waals surface area (Å²) < 4.78 is 6.91. The first kappa shape index (κ1) is 20.9. The summed E-state index contributed by atoms with van der Waals surface area (Å²) in [6.45, 7) is 7.75. The smallest absolute Gasteiger partial charge is 0.287 e. The Morgan fingerprint density at radius 3 is 2.55 bits per heavy atom. The number of ether oxygens (including phenoxy) is 1. The van der Waals surface area contributed by atoms with Gasteiger partial charge in [-0.2, -0.15) is 0 Å². The molecule has 0 unspecified atom stereocenters. The van der Waals surface area contributed by atoms with E-state index in [0.29, 0.717) is 17.0 Å². The molecular formula is C23H24N2O3S. The Kier molecular flexibility index (Phi) is 6.23. The third kappa shape index (κ3) is 4.43. The van der Waals surface area contributed by atoms with Crippen LogP contribution < -0.4 is 10.3 Å². The van der Waals surface area contributed by atoms with Crippen molar-refractivity contribution < 1.29 is 9.53 Å². The number of hydrogen-bond acceptors (Lipinski definition) is 5. The third-order valence-corrected chi connectivity index (χ3v) is 5.92. The van der Waals surface area contributed by atoms with Crippen molar-refractivity contribution in [2.75, 3.05) is 7.11 Å². The minimum atomic E-state index is -0.437. The van der Waals surface area contributed by atoms with Crippen LogP contribution in [0.15, 0.2) is 58.6 Å². The van der Waals surface area contributed by atoms with Crippen LogP contribution in [0.25, 0.3) is 5.69 Å². The molecule has 0 aliphatic rings. The molecule has 0 saturated heterocycles. The van der Waals surface area contributed by atoms with Gasteiger partial charge >= 0.3 is 0 Å². The first-order chi connectivity index (χ1) is 13.8. The van der Waals surface area contributed by atoms with E-state index < -0.39 is 5.25 Å². The fourth-order valence-corrected chi connectivity index (χ4v) is 3.90. The number of methoxy groups -OCH3 is 1. The number of nitrogens with zero attached hydrogens (tertiary/aromatic N) is 2. The van der Waals surface area contributed by atoms with Crippen LogP contribution in [0.2, 0.25) is 0 Å².